The first-order valence-corrected chi connectivity index (χ1v) is 4.60. The van der Waals surface area contributed by atoms with Gasteiger partial charge in [0.2, 0.25) is 5.91 Å². The average Bonchev–Trinajstić information content (AvgIpc) is 2.56. The molecule has 0 radical (unpaired) electrons. The molecule has 14 heavy (non-hydrogen) atoms. The van der Waals surface area contributed by atoms with Crippen molar-refractivity contribution in [3.63, 3.8) is 0 Å². The first kappa shape index (κ1) is 7.55. The smallest absolute Gasteiger partial charge is 0.227 e. The Bertz CT molecular complexity index is 515. The van der Waals surface area contributed by atoms with Crippen molar-refractivity contribution < 1.29 is 4.79 Å². The lowest BCUT2D eigenvalue weighted by molar-refractivity contribution is -0.116. The highest BCUT2D eigenvalue weighted by Gasteiger charge is 2.18. The van der Waals surface area contributed by atoms with Crippen LogP contribution in [0.2, 0.25) is 0 Å². The predicted molar refractivity (Wildman–Crippen MR) is 53.0 cm³/mol. The number of hydrogen-bond acceptors (Lipinski definition) is 2. The number of nitrogens with zero attached hydrogens (tertiary/aromatic N) is 2. The normalized spacial score (nSPS) is 15.3. The molecule has 0 bridgehead atoms. The van der Waals surface area contributed by atoms with E-state index in [9.17, 15) is 4.79 Å². The quantitative estimate of drug-likeness (QED) is 0.677. The van der Waals surface area contributed by atoms with Crippen LogP contribution in [-0.2, 0) is 11.3 Å². The van der Waals surface area contributed by atoms with E-state index < -0.39 is 0 Å². The van der Waals surface area contributed by atoms with Gasteiger partial charge in [-0.25, -0.2) is 4.68 Å². The first-order chi connectivity index (χ1) is 6.84. The van der Waals surface area contributed by atoms with Crippen LogP contribution in [0.15, 0.2) is 24.3 Å². The molecule has 0 spiro atoms. The van der Waals surface area contributed by atoms with E-state index >= 15 is 0 Å². The van der Waals surface area contributed by atoms with Crippen molar-refractivity contribution in [2.24, 2.45) is 0 Å². The number of carbonyl (C=O) groups excluding carboxylic acids is 1. The Labute approximate surface area is 80.5 Å². The highest BCUT2D eigenvalue weighted by atomic mass is 16.1. The third kappa shape index (κ3) is 0.937. The second-order valence-corrected chi connectivity index (χ2v) is 3.39. The van der Waals surface area contributed by atoms with Crippen molar-refractivity contribution in [3.8, 4) is 0 Å². The molecule has 4 heteroatoms. The summed E-state index contributed by atoms with van der Waals surface area (Å²) in [7, 11) is 0. The largest absolute Gasteiger partial charge is 0.310 e. The number of rotatable bonds is 0. The molecule has 0 unspecified atom stereocenters. The topological polar surface area (TPSA) is 46.9 Å². The summed E-state index contributed by atoms with van der Waals surface area (Å²) in [5.41, 5.74) is 0.935. The minimum Gasteiger partial charge on any atom is -0.310 e. The maximum Gasteiger partial charge on any atom is 0.227 e. The molecule has 1 aromatic heterocycles. The van der Waals surface area contributed by atoms with Gasteiger partial charge in [-0.3, -0.25) is 4.79 Å². The van der Waals surface area contributed by atoms with Crippen LogP contribution in [-0.4, -0.2) is 15.7 Å². The Morgan fingerprint density at radius 2 is 2.21 bits per heavy atom. The molecule has 1 N–H and O–H groups in total. The zero-order valence-electron chi connectivity index (χ0n) is 7.53. The summed E-state index contributed by atoms with van der Waals surface area (Å²) >= 11 is 0. The van der Waals surface area contributed by atoms with Crippen LogP contribution in [0.5, 0.6) is 0 Å². The third-order valence-electron chi connectivity index (χ3n) is 2.45. The number of aromatic nitrogens is 2. The minimum absolute atomic E-state index is 0.0724. The predicted octanol–water partition coefficient (Wildman–Crippen LogP) is 1.38. The van der Waals surface area contributed by atoms with Crippen LogP contribution >= 0.6 is 0 Å². The summed E-state index contributed by atoms with van der Waals surface area (Å²) in [6.45, 7) is 0.676. The van der Waals surface area contributed by atoms with Gasteiger partial charge in [0, 0.05) is 11.8 Å². The Morgan fingerprint density at radius 3 is 3.14 bits per heavy atom. The van der Waals surface area contributed by atoms with Gasteiger partial charge in [-0.1, -0.05) is 12.1 Å². The maximum absolute atomic E-state index is 11.2. The Balaban J connectivity index is 2.30. The fourth-order valence-electron chi connectivity index (χ4n) is 1.78. The minimum atomic E-state index is 0.0724. The molecule has 0 saturated heterocycles. The van der Waals surface area contributed by atoms with E-state index in [4.69, 9.17) is 0 Å². The molecule has 2 aromatic rings. The number of fused-ring (bicyclic) bond motifs is 3. The van der Waals surface area contributed by atoms with Crippen LogP contribution in [0.3, 0.4) is 0 Å². The fraction of sp³-hybridized carbons (Fsp3) is 0.200. The van der Waals surface area contributed by atoms with Gasteiger partial charge in [-0.2, -0.15) is 5.10 Å². The highest BCUT2D eigenvalue weighted by molar-refractivity contribution is 6.00. The van der Waals surface area contributed by atoms with E-state index in [0.29, 0.717) is 13.0 Å². The van der Waals surface area contributed by atoms with Gasteiger partial charge < -0.3 is 5.32 Å². The highest BCUT2D eigenvalue weighted by Crippen LogP contribution is 2.25. The third-order valence-corrected chi connectivity index (χ3v) is 2.45. The molecule has 0 fully saturated rings. The summed E-state index contributed by atoms with van der Waals surface area (Å²) in [6, 6.07) is 7.82. The number of carbonyl (C=O) groups is 1. The van der Waals surface area contributed by atoms with E-state index in [1.54, 1.807) is 0 Å². The SMILES string of the molecule is O=C1CCn2nc3ccccc3c2N1. The lowest BCUT2D eigenvalue weighted by Crippen LogP contribution is -2.23. The Hall–Kier alpha value is -1.84. The van der Waals surface area contributed by atoms with Crippen LogP contribution in [0, 0.1) is 0 Å². The van der Waals surface area contributed by atoms with Crippen LogP contribution < -0.4 is 5.32 Å². The zero-order valence-corrected chi connectivity index (χ0v) is 7.53. The number of aryl methyl sites for hydroxylation is 1. The van der Waals surface area contributed by atoms with Gasteiger partial charge in [0.1, 0.15) is 5.82 Å². The molecule has 0 atom stereocenters. The summed E-state index contributed by atoms with van der Waals surface area (Å²) in [5.74, 6) is 0.903. The van der Waals surface area contributed by atoms with Gasteiger partial charge >= 0.3 is 0 Å². The zero-order chi connectivity index (χ0) is 9.54. The monoisotopic (exact) mass is 187 g/mol. The molecule has 0 saturated carbocycles. The molecular formula is C10H9N3O. The van der Waals surface area contributed by atoms with Crippen molar-refractivity contribution in [3.05, 3.63) is 24.3 Å². The second-order valence-electron chi connectivity index (χ2n) is 3.39. The molecule has 2 heterocycles. The summed E-state index contributed by atoms with van der Waals surface area (Å²) in [5, 5.41) is 8.25. The van der Waals surface area contributed by atoms with Gasteiger partial charge in [0.05, 0.1) is 12.1 Å². The van der Waals surface area contributed by atoms with Crippen molar-refractivity contribution in [1.29, 1.82) is 0 Å². The van der Waals surface area contributed by atoms with Gasteiger partial charge in [-0.05, 0) is 12.1 Å². The molecule has 1 amide bonds. The summed E-state index contributed by atoms with van der Waals surface area (Å²) < 4.78 is 1.85. The van der Waals surface area contributed by atoms with E-state index in [2.05, 4.69) is 10.4 Å². The lowest BCUT2D eigenvalue weighted by atomic mass is 10.2. The van der Waals surface area contributed by atoms with E-state index in [0.717, 1.165) is 16.7 Å². The molecule has 0 aliphatic carbocycles. The Kier molecular flexibility index (Phi) is 1.39. The summed E-state index contributed by atoms with van der Waals surface area (Å²) in [4.78, 5) is 11.2. The lowest BCUT2D eigenvalue weighted by Gasteiger charge is -2.13. The second kappa shape index (κ2) is 2.57. The van der Waals surface area contributed by atoms with E-state index in [1.807, 2.05) is 28.9 Å². The molecule has 4 nitrogen and oxygen atoms in total. The Morgan fingerprint density at radius 1 is 1.36 bits per heavy atom. The van der Waals surface area contributed by atoms with Gasteiger partial charge in [0.15, 0.2) is 0 Å². The average molecular weight is 187 g/mol. The molecule has 70 valence electrons. The number of amides is 1. The van der Waals surface area contributed by atoms with Crippen LogP contribution in [0.25, 0.3) is 10.9 Å². The standard InChI is InChI=1S/C10H9N3O/c14-9-5-6-13-10(11-9)7-3-1-2-4-8(7)12-13/h1-4H,5-6H2,(H,11,14). The van der Waals surface area contributed by atoms with Gasteiger partial charge in [0.25, 0.3) is 0 Å². The van der Waals surface area contributed by atoms with Crippen molar-refractivity contribution >= 4 is 22.6 Å². The fourth-order valence-corrected chi connectivity index (χ4v) is 1.78. The van der Waals surface area contributed by atoms with Crippen molar-refractivity contribution in [2.75, 3.05) is 5.32 Å². The van der Waals surface area contributed by atoms with Crippen molar-refractivity contribution in [2.45, 2.75) is 13.0 Å². The first-order valence-electron chi connectivity index (χ1n) is 4.60. The molecule has 3 rings (SSSR count). The summed E-state index contributed by atoms with van der Waals surface area (Å²) in [6.07, 6.45) is 0.515. The molecule has 1 aromatic carbocycles. The maximum atomic E-state index is 11.2. The number of hydrogen-bond donors (Lipinski definition) is 1. The van der Waals surface area contributed by atoms with Crippen LogP contribution in [0.1, 0.15) is 6.42 Å². The number of nitrogens with one attached hydrogen (secondary N) is 1. The van der Waals surface area contributed by atoms with E-state index in [1.165, 1.54) is 0 Å². The molecular weight excluding hydrogens is 178 g/mol. The number of anilines is 1. The van der Waals surface area contributed by atoms with E-state index in [-0.39, 0.29) is 5.91 Å². The van der Waals surface area contributed by atoms with Crippen LogP contribution in [0.4, 0.5) is 5.82 Å². The number of benzene rings is 1. The van der Waals surface area contributed by atoms with Gasteiger partial charge in [-0.15, -0.1) is 0 Å². The molecule has 1 aliphatic heterocycles. The molecule has 1 aliphatic rings. The van der Waals surface area contributed by atoms with Crippen molar-refractivity contribution in [1.82, 2.24) is 9.78 Å².